The molecule has 0 fully saturated rings. The summed E-state index contributed by atoms with van der Waals surface area (Å²) in [5, 5.41) is -0.401. The Balaban J connectivity index is 2.59. The van der Waals surface area contributed by atoms with Gasteiger partial charge in [0.15, 0.2) is 16.7 Å². The van der Waals surface area contributed by atoms with E-state index >= 15 is 0 Å². The van der Waals surface area contributed by atoms with Gasteiger partial charge >= 0.3 is 6.11 Å². The predicted molar refractivity (Wildman–Crippen MR) is 52.8 cm³/mol. The lowest BCUT2D eigenvalue weighted by Crippen LogP contribution is -2.28. The van der Waals surface area contributed by atoms with Crippen LogP contribution in [0.25, 0.3) is 0 Å². The van der Waals surface area contributed by atoms with Crippen LogP contribution >= 0.6 is 11.8 Å². The molecule has 0 atom stereocenters. The van der Waals surface area contributed by atoms with Gasteiger partial charge in [-0.2, -0.15) is 8.78 Å². The third-order valence-electron chi connectivity index (χ3n) is 2.05. The Morgan fingerprint density at radius 2 is 2.06 bits per heavy atom. The van der Waals surface area contributed by atoms with Crippen molar-refractivity contribution in [3.05, 3.63) is 23.5 Å². The van der Waals surface area contributed by atoms with Crippen LogP contribution in [0.15, 0.2) is 17.0 Å². The van der Waals surface area contributed by atoms with Crippen LogP contribution in [0.1, 0.15) is 17.3 Å². The van der Waals surface area contributed by atoms with E-state index in [1.807, 2.05) is 0 Å². The number of ketones is 1. The highest BCUT2D eigenvalue weighted by Crippen LogP contribution is 2.43. The molecule has 0 spiro atoms. The van der Waals surface area contributed by atoms with Gasteiger partial charge in [-0.25, -0.2) is 4.39 Å². The van der Waals surface area contributed by atoms with Crippen LogP contribution < -0.4 is 4.74 Å². The van der Waals surface area contributed by atoms with Crippen molar-refractivity contribution >= 4 is 22.7 Å². The number of hydrogen-bond acceptors (Lipinski definition) is 4. The van der Waals surface area contributed by atoms with Gasteiger partial charge in [0, 0.05) is 11.8 Å². The second kappa shape index (κ2) is 3.76. The average Bonchev–Trinajstić information content (AvgIpc) is 2.44. The van der Waals surface area contributed by atoms with Gasteiger partial charge in [-0.3, -0.25) is 9.59 Å². The SMILES string of the molecule is CC(=O)Sc1ccc(F)c2c1C(=O)C(F)(F)O2. The highest BCUT2D eigenvalue weighted by Gasteiger charge is 2.52. The van der Waals surface area contributed by atoms with E-state index in [0.717, 1.165) is 12.1 Å². The van der Waals surface area contributed by atoms with Crippen LogP contribution in [0, 0.1) is 5.82 Å². The summed E-state index contributed by atoms with van der Waals surface area (Å²) in [5.74, 6) is -3.49. The van der Waals surface area contributed by atoms with Gasteiger partial charge in [-0.15, -0.1) is 0 Å². The zero-order chi connectivity index (χ0) is 12.8. The number of Topliss-reactive ketones (excluding diaryl/α,β-unsaturated/α-hetero) is 1. The van der Waals surface area contributed by atoms with Gasteiger partial charge in [0.25, 0.3) is 5.78 Å². The number of rotatable bonds is 1. The first-order valence-corrected chi connectivity index (χ1v) is 5.27. The maximum absolute atomic E-state index is 13.2. The molecule has 2 rings (SSSR count). The van der Waals surface area contributed by atoms with Crippen LogP contribution in [0.3, 0.4) is 0 Å². The molecule has 7 heteroatoms. The fraction of sp³-hybridized carbons (Fsp3) is 0.200. The Morgan fingerprint density at radius 3 is 2.65 bits per heavy atom. The molecule has 0 saturated carbocycles. The van der Waals surface area contributed by atoms with E-state index in [0.29, 0.717) is 11.8 Å². The van der Waals surface area contributed by atoms with Crippen LogP contribution in [0.2, 0.25) is 0 Å². The standard InChI is InChI=1S/C10H5F3O3S/c1-4(14)17-6-3-2-5(11)8-7(6)9(15)10(12,13)16-8/h2-3H,1H3. The Morgan fingerprint density at radius 1 is 1.41 bits per heavy atom. The maximum Gasteiger partial charge on any atom is 0.466 e. The summed E-state index contributed by atoms with van der Waals surface area (Å²) in [6, 6.07) is 1.97. The zero-order valence-corrected chi connectivity index (χ0v) is 9.24. The Labute approximate surface area is 97.9 Å². The van der Waals surface area contributed by atoms with Crippen molar-refractivity contribution in [3.63, 3.8) is 0 Å². The average molecular weight is 262 g/mol. The molecular formula is C10H5F3O3S. The molecule has 0 bridgehead atoms. The van der Waals surface area contributed by atoms with Crippen molar-refractivity contribution in [1.82, 2.24) is 0 Å². The first kappa shape index (κ1) is 12.0. The van der Waals surface area contributed by atoms with Crippen molar-refractivity contribution in [2.24, 2.45) is 0 Å². The topological polar surface area (TPSA) is 43.4 Å². The number of hydrogen-bond donors (Lipinski definition) is 0. The smallest absolute Gasteiger partial charge is 0.422 e. The van der Waals surface area contributed by atoms with Gasteiger partial charge in [0.2, 0.25) is 0 Å². The highest BCUT2D eigenvalue weighted by atomic mass is 32.2. The first-order chi connectivity index (χ1) is 7.83. The molecule has 1 heterocycles. The lowest BCUT2D eigenvalue weighted by molar-refractivity contribution is -0.125. The quantitative estimate of drug-likeness (QED) is 0.730. The summed E-state index contributed by atoms with van der Waals surface area (Å²) in [5.41, 5.74) is -0.574. The molecule has 0 radical (unpaired) electrons. The first-order valence-electron chi connectivity index (χ1n) is 4.45. The van der Waals surface area contributed by atoms with Crippen molar-refractivity contribution in [1.29, 1.82) is 0 Å². The van der Waals surface area contributed by atoms with E-state index in [2.05, 4.69) is 4.74 Å². The van der Waals surface area contributed by atoms with Gasteiger partial charge < -0.3 is 4.74 Å². The summed E-state index contributed by atoms with van der Waals surface area (Å²) in [6.07, 6.45) is -4.07. The molecule has 0 aromatic heterocycles. The maximum atomic E-state index is 13.2. The van der Waals surface area contributed by atoms with Crippen LogP contribution in [-0.2, 0) is 4.79 Å². The number of carbonyl (C=O) groups excluding carboxylic acids is 2. The van der Waals surface area contributed by atoms with E-state index in [1.54, 1.807) is 0 Å². The fourth-order valence-corrected chi connectivity index (χ4v) is 2.15. The number of benzene rings is 1. The zero-order valence-electron chi connectivity index (χ0n) is 8.42. The van der Waals surface area contributed by atoms with Crippen molar-refractivity contribution in [2.75, 3.05) is 0 Å². The van der Waals surface area contributed by atoms with Crippen molar-refractivity contribution in [2.45, 2.75) is 17.9 Å². The molecule has 1 aromatic rings. The lowest BCUT2D eigenvalue weighted by Gasteiger charge is -2.05. The highest BCUT2D eigenvalue weighted by molar-refractivity contribution is 8.13. The van der Waals surface area contributed by atoms with E-state index in [9.17, 15) is 22.8 Å². The molecule has 0 unspecified atom stereocenters. The Hall–Kier alpha value is -1.50. The van der Waals surface area contributed by atoms with E-state index in [-0.39, 0.29) is 4.90 Å². The summed E-state index contributed by atoms with van der Waals surface area (Å²) in [6.45, 7) is 1.21. The second-order valence-corrected chi connectivity index (χ2v) is 4.51. The molecule has 1 aliphatic heterocycles. The minimum Gasteiger partial charge on any atom is -0.422 e. The van der Waals surface area contributed by atoms with E-state index in [4.69, 9.17) is 0 Å². The number of fused-ring (bicyclic) bond motifs is 1. The number of alkyl halides is 2. The Bertz CT molecular complexity index is 528. The van der Waals surface area contributed by atoms with Crippen LogP contribution in [0.5, 0.6) is 5.75 Å². The largest absolute Gasteiger partial charge is 0.466 e. The molecule has 0 amide bonds. The van der Waals surface area contributed by atoms with E-state index in [1.165, 1.54) is 6.92 Å². The third kappa shape index (κ3) is 1.90. The normalized spacial score (nSPS) is 16.6. The van der Waals surface area contributed by atoms with E-state index < -0.39 is 34.1 Å². The minimum absolute atomic E-state index is 0.0314. The van der Waals surface area contributed by atoms with Gasteiger partial charge in [-0.05, 0) is 12.1 Å². The van der Waals surface area contributed by atoms with Crippen molar-refractivity contribution in [3.8, 4) is 5.75 Å². The molecule has 1 aromatic carbocycles. The van der Waals surface area contributed by atoms with Gasteiger partial charge in [-0.1, -0.05) is 11.8 Å². The molecule has 0 saturated heterocycles. The monoisotopic (exact) mass is 262 g/mol. The number of carbonyl (C=O) groups is 2. The predicted octanol–water partition coefficient (Wildman–Crippen LogP) is 2.63. The summed E-state index contributed by atoms with van der Waals surface area (Å²) in [4.78, 5) is 22.2. The van der Waals surface area contributed by atoms with Crippen LogP contribution in [-0.4, -0.2) is 17.0 Å². The summed E-state index contributed by atoms with van der Waals surface area (Å²) < 4.78 is 43.2. The summed E-state index contributed by atoms with van der Waals surface area (Å²) in [7, 11) is 0. The van der Waals surface area contributed by atoms with Gasteiger partial charge in [0.1, 0.15) is 0 Å². The second-order valence-electron chi connectivity index (χ2n) is 3.29. The molecule has 17 heavy (non-hydrogen) atoms. The lowest BCUT2D eigenvalue weighted by atomic mass is 10.1. The summed E-state index contributed by atoms with van der Waals surface area (Å²) >= 11 is 0.577. The third-order valence-corrected chi connectivity index (χ3v) is 2.89. The van der Waals surface area contributed by atoms with Gasteiger partial charge in [0.05, 0.1) is 5.56 Å². The molecule has 90 valence electrons. The molecule has 0 N–H and O–H groups in total. The molecule has 3 nitrogen and oxygen atoms in total. The minimum atomic E-state index is -4.07. The number of thioether (sulfide) groups is 1. The van der Waals surface area contributed by atoms with Crippen molar-refractivity contribution < 1.29 is 27.5 Å². The Kier molecular flexibility index (Phi) is 2.65. The molecule has 0 aliphatic carbocycles. The number of halogens is 3. The number of ether oxygens (including phenoxy) is 1. The fourth-order valence-electron chi connectivity index (χ4n) is 1.41. The van der Waals surface area contributed by atoms with Crippen LogP contribution in [0.4, 0.5) is 13.2 Å². The molecule has 1 aliphatic rings. The molecular weight excluding hydrogens is 257 g/mol.